The van der Waals surface area contributed by atoms with Crippen LogP contribution in [0, 0.1) is 10.8 Å². The number of carboxylic acid groups (broad SMARTS) is 1. The van der Waals surface area contributed by atoms with Gasteiger partial charge >= 0.3 is 5.97 Å². The lowest BCUT2D eigenvalue weighted by atomic mass is 9.79. The maximum absolute atomic E-state index is 11.5. The van der Waals surface area contributed by atoms with E-state index in [0.29, 0.717) is 31.1 Å². The van der Waals surface area contributed by atoms with Crippen LogP contribution in [0.3, 0.4) is 0 Å². The van der Waals surface area contributed by atoms with E-state index in [9.17, 15) is 9.90 Å². The highest BCUT2D eigenvalue weighted by Crippen LogP contribution is 2.57. The van der Waals surface area contributed by atoms with Gasteiger partial charge in [0.15, 0.2) is 5.82 Å². The number of hydrogen-bond acceptors (Lipinski definition) is 4. The Hall–Kier alpha value is -1.39. The summed E-state index contributed by atoms with van der Waals surface area (Å²) in [6, 6.07) is 0. The molecule has 0 radical (unpaired) electrons. The zero-order valence-corrected chi connectivity index (χ0v) is 12.1. The summed E-state index contributed by atoms with van der Waals surface area (Å²) in [5, 5.41) is 13.4. The van der Waals surface area contributed by atoms with Gasteiger partial charge in [-0.25, -0.2) is 0 Å². The standard InChI is InChI=1S/C14H22N2O3/c1-5-14(6-2,12(17)18)8-10-15-11(16-19-10)9-7-13(9,3)4/h9H,5-8H2,1-4H3,(H,17,18). The molecule has 0 amide bonds. The van der Waals surface area contributed by atoms with E-state index in [1.807, 2.05) is 13.8 Å². The summed E-state index contributed by atoms with van der Waals surface area (Å²) >= 11 is 0. The minimum atomic E-state index is -0.789. The highest BCUT2D eigenvalue weighted by atomic mass is 16.5. The molecule has 1 unspecified atom stereocenters. The van der Waals surface area contributed by atoms with Crippen LogP contribution in [-0.2, 0) is 11.2 Å². The van der Waals surface area contributed by atoms with E-state index >= 15 is 0 Å². The van der Waals surface area contributed by atoms with Gasteiger partial charge in [0.05, 0.1) is 5.41 Å². The van der Waals surface area contributed by atoms with Crippen molar-refractivity contribution in [1.29, 1.82) is 0 Å². The number of aromatic nitrogens is 2. The van der Waals surface area contributed by atoms with Crippen molar-refractivity contribution in [2.45, 2.75) is 59.3 Å². The van der Waals surface area contributed by atoms with E-state index in [4.69, 9.17) is 4.52 Å². The first kappa shape index (κ1) is 14.0. The molecule has 1 N–H and O–H groups in total. The van der Waals surface area contributed by atoms with Gasteiger partial charge in [-0.05, 0) is 24.7 Å². The second kappa shape index (κ2) is 4.62. The molecule has 1 aromatic heterocycles. The summed E-state index contributed by atoms with van der Waals surface area (Å²) < 4.78 is 5.24. The molecule has 19 heavy (non-hydrogen) atoms. The molecule has 5 nitrogen and oxygen atoms in total. The van der Waals surface area contributed by atoms with E-state index in [-0.39, 0.29) is 5.41 Å². The summed E-state index contributed by atoms with van der Waals surface area (Å²) in [7, 11) is 0. The van der Waals surface area contributed by atoms with Gasteiger partial charge in [-0.2, -0.15) is 4.98 Å². The average Bonchev–Trinajstić information content (AvgIpc) is 2.79. The first-order valence-corrected chi connectivity index (χ1v) is 6.90. The zero-order valence-electron chi connectivity index (χ0n) is 12.1. The summed E-state index contributed by atoms with van der Waals surface area (Å²) in [5.74, 6) is 0.742. The van der Waals surface area contributed by atoms with Gasteiger partial charge < -0.3 is 9.63 Å². The van der Waals surface area contributed by atoms with Crippen LogP contribution in [-0.4, -0.2) is 21.2 Å². The summed E-state index contributed by atoms with van der Waals surface area (Å²) in [5.41, 5.74) is -0.538. The fraction of sp³-hybridized carbons (Fsp3) is 0.786. The van der Waals surface area contributed by atoms with Crippen LogP contribution in [0.2, 0.25) is 0 Å². The third kappa shape index (κ3) is 2.51. The lowest BCUT2D eigenvalue weighted by Gasteiger charge is -2.24. The van der Waals surface area contributed by atoms with Crippen molar-refractivity contribution in [2.24, 2.45) is 10.8 Å². The lowest BCUT2D eigenvalue weighted by Crippen LogP contribution is -2.32. The van der Waals surface area contributed by atoms with Crippen molar-refractivity contribution in [3.05, 3.63) is 11.7 Å². The Balaban J connectivity index is 2.13. The molecular formula is C14H22N2O3. The van der Waals surface area contributed by atoms with Crippen LogP contribution in [0.5, 0.6) is 0 Å². The molecule has 0 bridgehead atoms. The number of rotatable bonds is 6. The van der Waals surface area contributed by atoms with Crippen LogP contribution in [0.4, 0.5) is 0 Å². The first-order chi connectivity index (χ1) is 8.84. The molecule has 1 heterocycles. The molecule has 1 aliphatic rings. The molecule has 0 aliphatic heterocycles. The molecule has 1 aliphatic carbocycles. The lowest BCUT2D eigenvalue weighted by molar-refractivity contribution is -0.149. The molecule has 1 saturated carbocycles. The molecule has 106 valence electrons. The number of carbonyl (C=O) groups is 1. The molecule has 0 spiro atoms. The Morgan fingerprint density at radius 2 is 2.05 bits per heavy atom. The predicted octanol–water partition coefficient (Wildman–Crippen LogP) is 3.02. The summed E-state index contributed by atoms with van der Waals surface area (Å²) in [6.07, 6.45) is 2.50. The van der Waals surface area contributed by atoms with Crippen molar-refractivity contribution in [2.75, 3.05) is 0 Å². The van der Waals surface area contributed by atoms with Gasteiger partial charge in [-0.15, -0.1) is 0 Å². The van der Waals surface area contributed by atoms with Gasteiger partial charge in [0.25, 0.3) is 0 Å². The summed E-state index contributed by atoms with van der Waals surface area (Å²) in [6.45, 7) is 8.12. The molecule has 5 heteroatoms. The Labute approximate surface area is 113 Å². The van der Waals surface area contributed by atoms with E-state index in [0.717, 1.165) is 12.2 Å². The number of aliphatic carboxylic acids is 1. The summed E-state index contributed by atoms with van der Waals surface area (Å²) in [4.78, 5) is 15.8. The molecule has 1 fully saturated rings. The molecule has 2 rings (SSSR count). The number of nitrogens with zero attached hydrogens (tertiary/aromatic N) is 2. The van der Waals surface area contributed by atoms with Gasteiger partial charge in [-0.1, -0.05) is 32.9 Å². The van der Waals surface area contributed by atoms with Crippen molar-refractivity contribution < 1.29 is 14.4 Å². The number of carboxylic acids is 1. The highest BCUT2D eigenvalue weighted by molar-refractivity contribution is 5.74. The molecular weight excluding hydrogens is 244 g/mol. The Bertz CT molecular complexity index is 475. The Kier molecular flexibility index (Phi) is 3.41. The van der Waals surface area contributed by atoms with Crippen LogP contribution in [0.1, 0.15) is 64.6 Å². The minimum Gasteiger partial charge on any atom is -0.481 e. The molecule has 1 atom stereocenters. The van der Waals surface area contributed by atoms with Crippen LogP contribution in [0.25, 0.3) is 0 Å². The first-order valence-electron chi connectivity index (χ1n) is 6.90. The van der Waals surface area contributed by atoms with E-state index in [2.05, 4.69) is 24.0 Å². The van der Waals surface area contributed by atoms with Crippen LogP contribution >= 0.6 is 0 Å². The maximum atomic E-state index is 11.5. The third-order valence-corrected chi connectivity index (χ3v) is 4.61. The zero-order chi connectivity index (χ0) is 14.3. The van der Waals surface area contributed by atoms with Gasteiger partial charge in [0.2, 0.25) is 5.89 Å². The van der Waals surface area contributed by atoms with Crippen molar-refractivity contribution in [1.82, 2.24) is 10.1 Å². The maximum Gasteiger partial charge on any atom is 0.310 e. The quantitative estimate of drug-likeness (QED) is 0.856. The fourth-order valence-electron chi connectivity index (χ4n) is 2.56. The third-order valence-electron chi connectivity index (χ3n) is 4.61. The Morgan fingerprint density at radius 1 is 1.47 bits per heavy atom. The predicted molar refractivity (Wildman–Crippen MR) is 69.8 cm³/mol. The van der Waals surface area contributed by atoms with E-state index in [1.54, 1.807) is 0 Å². The fourth-order valence-corrected chi connectivity index (χ4v) is 2.56. The van der Waals surface area contributed by atoms with Gasteiger partial charge in [-0.3, -0.25) is 4.79 Å². The second-order valence-electron chi connectivity index (χ2n) is 6.26. The van der Waals surface area contributed by atoms with Crippen molar-refractivity contribution in [3.63, 3.8) is 0 Å². The second-order valence-corrected chi connectivity index (χ2v) is 6.26. The monoisotopic (exact) mass is 266 g/mol. The SMILES string of the molecule is CCC(CC)(Cc1nc(C2CC2(C)C)no1)C(=O)O. The normalized spacial score (nSPS) is 21.4. The highest BCUT2D eigenvalue weighted by Gasteiger charge is 2.49. The van der Waals surface area contributed by atoms with E-state index in [1.165, 1.54) is 0 Å². The van der Waals surface area contributed by atoms with E-state index < -0.39 is 11.4 Å². The Morgan fingerprint density at radius 3 is 2.47 bits per heavy atom. The average molecular weight is 266 g/mol. The number of hydrogen-bond donors (Lipinski definition) is 1. The van der Waals surface area contributed by atoms with Gasteiger partial charge in [0, 0.05) is 12.3 Å². The largest absolute Gasteiger partial charge is 0.481 e. The minimum absolute atomic E-state index is 0.251. The molecule has 1 aromatic rings. The van der Waals surface area contributed by atoms with Gasteiger partial charge in [0.1, 0.15) is 0 Å². The van der Waals surface area contributed by atoms with Crippen LogP contribution in [0.15, 0.2) is 4.52 Å². The topological polar surface area (TPSA) is 76.2 Å². The van der Waals surface area contributed by atoms with Crippen LogP contribution < -0.4 is 0 Å². The molecule has 0 saturated heterocycles. The van der Waals surface area contributed by atoms with Crippen molar-refractivity contribution >= 4 is 5.97 Å². The van der Waals surface area contributed by atoms with Crippen molar-refractivity contribution in [3.8, 4) is 0 Å². The smallest absolute Gasteiger partial charge is 0.310 e. The molecule has 0 aromatic carbocycles.